The van der Waals surface area contributed by atoms with Crippen LogP contribution in [0.3, 0.4) is 0 Å². The minimum Gasteiger partial charge on any atom is -0.494 e. The Morgan fingerprint density at radius 3 is 2.52 bits per heavy atom. The van der Waals surface area contributed by atoms with Gasteiger partial charge in [0.05, 0.1) is 23.6 Å². The molecule has 0 fully saturated rings. The van der Waals surface area contributed by atoms with Crippen molar-refractivity contribution < 1.29 is 13.9 Å². The van der Waals surface area contributed by atoms with Crippen molar-refractivity contribution in [3.8, 4) is 5.75 Å². The average Bonchev–Trinajstić information content (AvgIpc) is 3.12. The summed E-state index contributed by atoms with van der Waals surface area (Å²) >= 11 is 6.16. The summed E-state index contributed by atoms with van der Waals surface area (Å²) in [4.78, 5) is 28.9. The molecule has 0 saturated heterocycles. The number of hydrogen-bond donors (Lipinski definition) is 0. The number of aryl methyl sites for hydroxylation is 1. The van der Waals surface area contributed by atoms with Crippen molar-refractivity contribution in [3.63, 3.8) is 0 Å². The standard InChI is InChI=1S/C27H22ClNO4/c1-3-16-8-11-19(12-9-16)29-24(17-6-5-7-20(14-17)32-4-2)23-25(30)21-15-18(28)10-13-22(21)33-26(23)27(29)31/h5-15,24H,3-4H2,1-2H3. The monoisotopic (exact) mass is 459 g/mol. The van der Waals surface area contributed by atoms with Crippen LogP contribution in [0, 0.1) is 0 Å². The first-order valence-corrected chi connectivity index (χ1v) is 11.3. The van der Waals surface area contributed by atoms with Crippen molar-refractivity contribution in [1.29, 1.82) is 0 Å². The Morgan fingerprint density at radius 2 is 1.79 bits per heavy atom. The molecule has 4 aromatic rings. The maximum Gasteiger partial charge on any atom is 0.295 e. The summed E-state index contributed by atoms with van der Waals surface area (Å²) in [5.74, 6) is 0.376. The molecular weight excluding hydrogens is 438 g/mol. The van der Waals surface area contributed by atoms with E-state index in [1.165, 1.54) is 0 Å². The van der Waals surface area contributed by atoms with Gasteiger partial charge < -0.3 is 9.15 Å². The normalized spacial score (nSPS) is 15.2. The molecule has 33 heavy (non-hydrogen) atoms. The molecule has 0 radical (unpaired) electrons. The van der Waals surface area contributed by atoms with E-state index in [9.17, 15) is 9.59 Å². The van der Waals surface area contributed by atoms with Crippen LogP contribution in [0.15, 0.2) is 75.9 Å². The molecule has 166 valence electrons. The summed E-state index contributed by atoms with van der Waals surface area (Å²) in [6.07, 6.45) is 0.889. The van der Waals surface area contributed by atoms with Gasteiger partial charge in [-0.15, -0.1) is 0 Å². The molecule has 1 atom stereocenters. The van der Waals surface area contributed by atoms with E-state index in [-0.39, 0.29) is 17.1 Å². The fraction of sp³-hybridized carbons (Fsp3) is 0.185. The van der Waals surface area contributed by atoms with Crippen LogP contribution in [-0.4, -0.2) is 12.5 Å². The fourth-order valence-corrected chi connectivity index (χ4v) is 4.53. The number of benzene rings is 3. The van der Waals surface area contributed by atoms with Crippen LogP contribution in [0.25, 0.3) is 11.0 Å². The SMILES string of the molecule is CCOc1cccc(C2c3c(oc4ccc(Cl)cc4c3=O)C(=O)N2c2ccc(CC)cc2)c1. The Balaban J connectivity index is 1.77. The summed E-state index contributed by atoms with van der Waals surface area (Å²) in [6, 6.07) is 19.5. The average molecular weight is 460 g/mol. The highest BCUT2D eigenvalue weighted by Crippen LogP contribution is 2.42. The molecule has 1 amide bonds. The summed E-state index contributed by atoms with van der Waals surface area (Å²) in [6.45, 7) is 4.50. The number of hydrogen-bond acceptors (Lipinski definition) is 4. The lowest BCUT2D eigenvalue weighted by Gasteiger charge is -2.25. The molecule has 0 spiro atoms. The number of halogens is 1. The molecule has 5 nitrogen and oxygen atoms in total. The predicted octanol–water partition coefficient (Wildman–Crippen LogP) is 6.16. The first-order chi connectivity index (χ1) is 16.0. The molecule has 3 aromatic carbocycles. The first kappa shape index (κ1) is 21.3. The second-order valence-electron chi connectivity index (χ2n) is 7.92. The van der Waals surface area contributed by atoms with Crippen molar-refractivity contribution in [2.24, 2.45) is 0 Å². The summed E-state index contributed by atoms with van der Waals surface area (Å²) in [5, 5.41) is 0.782. The fourth-order valence-electron chi connectivity index (χ4n) is 4.36. The van der Waals surface area contributed by atoms with Crippen molar-refractivity contribution >= 4 is 34.2 Å². The molecule has 1 aromatic heterocycles. The number of anilines is 1. The van der Waals surface area contributed by atoms with E-state index in [0.717, 1.165) is 17.5 Å². The molecule has 0 bridgehead atoms. The maximum atomic E-state index is 13.7. The van der Waals surface area contributed by atoms with Crippen LogP contribution in [0.2, 0.25) is 5.02 Å². The number of carbonyl (C=O) groups excluding carboxylic acids is 1. The van der Waals surface area contributed by atoms with Gasteiger partial charge in [0.15, 0.2) is 5.43 Å². The minimum atomic E-state index is -0.653. The van der Waals surface area contributed by atoms with E-state index < -0.39 is 6.04 Å². The van der Waals surface area contributed by atoms with Gasteiger partial charge in [-0.25, -0.2) is 0 Å². The number of amides is 1. The van der Waals surface area contributed by atoms with Gasteiger partial charge in [-0.2, -0.15) is 0 Å². The van der Waals surface area contributed by atoms with Gasteiger partial charge >= 0.3 is 0 Å². The van der Waals surface area contributed by atoms with Gasteiger partial charge in [0.1, 0.15) is 11.3 Å². The van der Waals surface area contributed by atoms with Crippen LogP contribution >= 0.6 is 11.6 Å². The summed E-state index contributed by atoms with van der Waals surface area (Å²) in [5.41, 5.74) is 3.00. The van der Waals surface area contributed by atoms with E-state index in [2.05, 4.69) is 6.92 Å². The maximum absolute atomic E-state index is 13.7. The van der Waals surface area contributed by atoms with Gasteiger partial charge in [-0.1, -0.05) is 42.8 Å². The molecule has 0 aliphatic carbocycles. The van der Waals surface area contributed by atoms with Gasteiger partial charge in [-0.3, -0.25) is 14.5 Å². The largest absolute Gasteiger partial charge is 0.494 e. The number of nitrogens with zero attached hydrogens (tertiary/aromatic N) is 1. The van der Waals surface area contributed by atoms with Crippen LogP contribution in [0.4, 0.5) is 5.69 Å². The van der Waals surface area contributed by atoms with E-state index in [0.29, 0.717) is 39.6 Å². The molecule has 5 rings (SSSR count). The van der Waals surface area contributed by atoms with Crippen LogP contribution < -0.4 is 15.1 Å². The Morgan fingerprint density at radius 1 is 1.00 bits per heavy atom. The molecule has 1 aliphatic heterocycles. The molecule has 1 unspecified atom stereocenters. The highest BCUT2D eigenvalue weighted by atomic mass is 35.5. The van der Waals surface area contributed by atoms with Gasteiger partial charge in [0, 0.05) is 10.7 Å². The van der Waals surface area contributed by atoms with Crippen LogP contribution in [-0.2, 0) is 6.42 Å². The highest BCUT2D eigenvalue weighted by Gasteiger charge is 2.43. The predicted molar refractivity (Wildman–Crippen MR) is 130 cm³/mol. The lowest BCUT2D eigenvalue weighted by atomic mass is 9.98. The first-order valence-electron chi connectivity index (χ1n) is 10.9. The zero-order valence-electron chi connectivity index (χ0n) is 18.3. The highest BCUT2D eigenvalue weighted by molar-refractivity contribution is 6.31. The van der Waals surface area contributed by atoms with E-state index in [1.807, 2.05) is 55.5 Å². The van der Waals surface area contributed by atoms with Crippen molar-refractivity contribution in [2.75, 3.05) is 11.5 Å². The number of rotatable bonds is 5. The topological polar surface area (TPSA) is 59.8 Å². The lowest BCUT2D eigenvalue weighted by molar-refractivity contribution is 0.0971. The van der Waals surface area contributed by atoms with Crippen molar-refractivity contribution in [3.05, 3.63) is 104 Å². The Kier molecular flexibility index (Phi) is 5.43. The van der Waals surface area contributed by atoms with Gasteiger partial charge in [0.2, 0.25) is 5.76 Å². The van der Waals surface area contributed by atoms with E-state index in [1.54, 1.807) is 23.1 Å². The molecule has 6 heteroatoms. The number of ether oxygens (including phenoxy) is 1. The van der Waals surface area contributed by atoms with Crippen molar-refractivity contribution in [1.82, 2.24) is 0 Å². The zero-order chi connectivity index (χ0) is 23.1. The second-order valence-corrected chi connectivity index (χ2v) is 8.35. The molecular formula is C27H22ClNO4. The Hall–Kier alpha value is -3.57. The third-order valence-electron chi connectivity index (χ3n) is 5.94. The van der Waals surface area contributed by atoms with Gasteiger partial charge in [0.25, 0.3) is 5.91 Å². The van der Waals surface area contributed by atoms with E-state index >= 15 is 0 Å². The summed E-state index contributed by atoms with van der Waals surface area (Å²) < 4.78 is 11.7. The van der Waals surface area contributed by atoms with Crippen LogP contribution in [0.1, 0.15) is 47.1 Å². The molecule has 0 N–H and O–H groups in total. The molecule has 2 heterocycles. The molecule has 0 saturated carbocycles. The van der Waals surface area contributed by atoms with Crippen molar-refractivity contribution in [2.45, 2.75) is 26.3 Å². The quantitative estimate of drug-likeness (QED) is 0.358. The summed E-state index contributed by atoms with van der Waals surface area (Å²) in [7, 11) is 0. The third kappa shape index (κ3) is 3.58. The van der Waals surface area contributed by atoms with Crippen LogP contribution in [0.5, 0.6) is 5.75 Å². The third-order valence-corrected chi connectivity index (χ3v) is 6.17. The second kappa shape index (κ2) is 8.41. The minimum absolute atomic E-state index is 0.0567. The number of carbonyl (C=O) groups is 1. The zero-order valence-corrected chi connectivity index (χ0v) is 19.1. The Bertz CT molecular complexity index is 1420. The smallest absolute Gasteiger partial charge is 0.295 e. The lowest BCUT2D eigenvalue weighted by Crippen LogP contribution is -2.29. The number of fused-ring (bicyclic) bond motifs is 2. The molecule has 1 aliphatic rings. The Labute approximate surface area is 196 Å². The van der Waals surface area contributed by atoms with Gasteiger partial charge in [-0.05, 0) is 66.9 Å². The van der Waals surface area contributed by atoms with E-state index in [4.69, 9.17) is 20.8 Å².